The second kappa shape index (κ2) is 6.01. The number of fused-ring (bicyclic) bond motifs is 2. The third-order valence-corrected chi connectivity index (χ3v) is 4.49. The van der Waals surface area contributed by atoms with Crippen LogP contribution in [0.2, 0.25) is 0 Å². The molecule has 3 aromatic rings. The van der Waals surface area contributed by atoms with Crippen LogP contribution in [0.5, 0.6) is 0 Å². The molecule has 1 atom stereocenters. The van der Waals surface area contributed by atoms with Crippen LogP contribution in [-0.4, -0.2) is 44.9 Å². The van der Waals surface area contributed by atoms with E-state index in [1.165, 1.54) is 0 Å². The highest BCUT2D eigenvalue weighted by Gasteiger charge is 2.33. The molecule has 2 amide bonds. The van der Waals surface area contributed by atoms with Gasteiger partial charge in [-0.15, -0.1) is 10.2 Å². The molecule has 4 rings (SSSR count). The van der Waals surface area contributed by atoms with Gasteiger partial charge in [0.1, 0.15) is 0 Å². The second-order valence-electron chi connectivity index (χ2n) is 6.09. The van der Waals surface area contributed by atoms with Gasteiger partial charge in [-0.1, -0.05) is 24.3 Å². The number of hydrogen-bond donors (Lipinski definition) is 1. The number of benzene rings is 1. The van der Waals surface area contributed by atoms with Crippen molar-refractivity contribution in [1.29, 1.82) is 0 Å². The van der Waals surface area contributed by atoms with Crippen LogP contribution in [-0.2, 0) is 11.3 Å². The van der Waals surface area contributed by atoms with Crippen molar-refractivity contribution >= 4 is 17.5 Å². The number of aromatic nitrogens is 3. The third kappa shape index (κ3) is 2.63. The lowest BCUT2D eigenvalue weighted by atomic mass is 9.89. The standard InChI is InChI=1S/C18H17N5O2/c1-22-11-14(12-6-2-3-7-13(12)18(22)25)17(24)19-10-16-21-20-15-8-4-5-9-23(15)16/h2-9,14H,10-11H2,1H3,(H,19,24). The van der Waals surface area contributed by atoms with Crippen LogP contribution in [0.1, 0.15) is 27.7 Å². The molecule has 7 nitrogen and oxygen atoms in total. The molecular weight excluding hydrogens is 318 g/mol. The summed E-state index contributed by atoms with van der Waals surface area (Å²) in [5.41, 5.74) is 2.10. The summed E-state index contributed by atoms with van der Waals surface area (Å²) >= 11 is 0. The van der Waals surface area contributed by atoms with E-state index >= 15 is 0 Å². The van der Waals surface area contributed by atoms with Gasteiger partial charge in [-0.05, 0) is 23.8 Å². The normalized spacial score (nSPS) is 16.8. The zero-order valence-corrected chi connectivity index (χ0v) is 13.7. The van der Waals surface area contributed by atoms with Gasteiger partial charge in [0.2, 0.25) is 5.91 Å². The van der Waals surface area contributed by atoms with Crippen molar-refractivity contribution in [3.8, 4) is 0 Å². The fourth-order valence-electron chi connectivity index (χ4n) is 3.18. The average Bonchev–Trinajstić information content (AvgIpc) is 3.06. The molecule has 0 spiro atoms. The first-order valence-corrected chi connectivity index (χ1v) is 8.06. The van der Waals surface area contributed by atoms with E-state index in [0.29, 0.717) is 17.9 Å². The Kier molecular flexibility index (Phi) is 3.68. The van der Waals surface area contributed by atoms with E-state index in [1.807, 2.05) is 47.0 Å². The number of pyridine rings is 1. The summed E-state index contributed by atoms with van der Waals surface area (Å²) in [6, 6.07) is 12.9. The molecule has 0 radical (unpaired) electrons. The number of carbonyl (C=O) groups is 2. The number of nitrogens with one attached hydrogen (secondary N) is 1. The smallest absolute Gasteiger partial charge is 0.253 e. The van der Waals surface area contributed by atoms with Gasteiger partial charge in [0.05, 0.1) is 12.5 Å². The molecule has 1 aliphatic rings. The Balaban J connectivity index is 1.55. The van der Waals surface area contributed by atoms with Gasteiger partial charge in [-0.3, -0.25) is 14.0 Å². The Bertz CT molecular complexity index is 965. The van der Waals surface area contributed by atoms with Crippen LogP contribution in [0.15, 0.2) is 48.7 Å². The van der Waals surface area contributed by atoms with E-state index < -0.39 is 5.92 Å². The Morgan fingerprint density at radius 1 is 1.20 bits per heavy atom. The minimum atomic E-state index is -0.391. The van der Waals surface area contributed by atoms with Gasteiger partial charge in [0.25, 0.3) is 5.91 Å². The Labute approximate surface area is 144 Å². The van der Waals surface area contributed by atoms with Crippen molar-refractivity contribution in [2.75, 3.05) is 13.6 Å². The van der Waals surface area contributed by atoms with Crippen LogP contribution < -0.4 is 5.32 Å². The van der Waals surface area contributed by atoms with Gasteiger partial charge in [-0.2, -0.15) is 0 Å². The molecule has 1 unspecified atom stereocenters. The van der Waals surface area contributed by atoms with Crippen LogP contribution in [0, 0.1) is 0 Å². The molecule has 0 fully saturated rings. The summed E-state index contributed by atoms with van der Waals surface area (Å²) in [5, 5.41) is 11.1. The number of hydrogen-bond acceptors (Lipinski definition) is 4. The van der Waals surface area contributed by atoms with Crippen LogP contribution in [0.4, 0.5) is 0 Å². The lowest BCUT2D eigenvalue weighted by molar-refractivity contribution is -0.123. The zero-order chi connectivity index (χ0) is 17.4. The number of likely N-dealkylation sites (N-methyl/N-ethyl adjacent to an activating group) is 1. The molecule has 126 valence electrons. The highest BCUT2D eigenvalue weighted by atomic mass is 16.2. The maximum atomic E-state index is 12.7. The van der Waals surface area contributed by atoms with Gasteiger partial charge >= 0.3 is 0 Å². The van der Waals surface area contributed by atoms with Crippen LogP contribution >= 0.6 is 0 Å². The monoisotopic (exact) mass is 335 g/mol. The summed E-state index contributed by atoms with van der Waals surface area (Å²) in [5.74, 6) is 0.0955. The summed E-state index contributed by atoms with van der Waals surface area (Å²) < 4.78 is 1.84. The summed E-state index contributed by atoms with van der Waals surface area (Å²) in [6.45, 7) is 0.641. The molecule has 7 heteroatoms. The highest BCUT2D eigenvalue weighted by molar-refractivity contribution is 6.00. The maximum absolute atomic E-state index is 12.7. The Morgan fingerprint density at radius 2 is 2.00 bits per heavy atom. The largest absolute Gasteiger partial charge is 0.348 e. The van der Waals surface area contributed by atoms with Crippen LogP contribution in [0.3, 0.4) is 0 Å². The molecule has 1 N–H and O–H groups in total. The molecule has 25 heavy (non-hydrogen) atoms. The van der Waals surface area contributed by atoms with E-state index in [1.54, 1.807) is 18.0 Å². The molecule has 1 aliphatic heterocycles. The van der Waals surface area contributed by atoms with Gasteiger partial charge < -0.3 is 10.2 Å². The SMILES string of the molecule is CN1CC(C(=O)NCc2nnc3ccccn23)c2ccccc2C1=O. The molecule has 0 saturated carbocycles. The fourth-order valence-corrected chi connectivity index (χ4v) is 3.18. The van der Waals surface area contributed by atoms with Crippen LogP contribution in [0.25, 0.3) is 5.65 Å². The molecule has 3 heterocycles. The van der Waals surface area contributed by atoms with E-state index in [0.717, 1.165) is 11.2 Å². The molecule has 0 bridgehead atoms. The number of rotatable bonds is 3. The molecular formula is C18H17N5O2. The quantitative estimate of drug-likeness (QED) is 0.780. The predicted molar refractivity (Wildman–Crippen MR) is 91.0 cm³/mol. The minimum absolute atomic E-state index is 0.0527. The van der Waals surface area contributed by atoms with Crippen molar-refractivity contribution in [2.24, 2.45) is 0 Å². The van der Waals surface area contributed by atoms with Gasteiger partial charge in [-0.25, -0.2) is 0 Å². The first-order valence-electron chi connectivity index (χ1n) is 8.06. The summed E-state index contributed by atoms with van der Waals surface area (Å²) in [7, 11) is 1.71. The number of carbonyl (C=O) groups excluding carboxylic acids is 2. The zero-order valence-electron chi connectivity index (χ0n) is 13.7. The molecule has 2 aromatic heterocycles. The van der Waals surface area contributed by atoms with Crippen molar-refractivity contribution in [1.82, 2.24) is 24.8 Å². The first-order chi connectivity index (χ1) is 12.1. The molecule has 0 aliphatic carbocycles. The van der Waals surface area contributed by atoms with E-state index in [2.05, 4.69) is 15.5 Å². The second-order valence-corrected chi connectivity index (χ2v) is 6.09. The van der Waals surface area contributed by atoms with Gasteiger partial charge in [0, 0.05) is 25.4 Å². The van der Waals surface area contributed by atoms with E-state index in [4.69, 9.17) is 0 Å². The van der Waals surface area contributed by atoms with Crippen molar-refractivity contribution < 1.29 is 9.59 Å². The fraction of sp³-hybridized carbons (Fsp3) is 0.222. The Hall–Kier alpha value is -3.22. The summed E-state index contributed by atoms with van der Waals surface area (Å²) in [4.78, 5) is 26.6. The topological polar surface area (TPSA) is 79.6 Å². The summed E-state index contributed by atoms with van der Waals surface area (Å²) in [6.07, 6.45) is 1.86. The third-order valence-electron chi connectivity index (χ3n) is 4.49. The lowest BCUT2D eigenvalue weighted by Crippen LogP contribution is -2.43. The van der Waals surface area contributed by atoms with Gasteiger partial charge in [0.15, 0.2) is 11.5 Å². The van der Waals surface area contributed by atoms with E-state index in [9.17, 15) is 9.59 Å². The lowest BCUT2D eigenvalue weighted by Gasteiger charge is -2.31. The minimum Gasteiger partial charge on any atom is -0.348 e. The number of amides is 2. The van der Waals surface area contributed by atoms with E-state index in [-0.39, 0.29) is 18.4 Å². The molecule has 1 aromatic carbocycles. The molecule has 0 saturated heterocycles. The van der Waals surface area contributed by atoms with Crippen molar-refractivity contribution in [2.45, 2.75) is 12.5 Å². The van der Waals surface area contributed by atoms with Crippen molar-refractivity contribution in [3.63, 3.8) is 0 Å². The highest BCUT2D eigenvalue weighted by Crippen LogP contribution is 2.27. The maximum Gasteiger partial charge on any atom is 0.253 e. The average molecular weight is 335 g/mol. The predicted octanol–water partition coefficient (Wildman–Crippen LogP) is 1.21. The Morgan fingerprint density at radius 3 is 2.88 bits per heavy atom. The van der Waals surface area contributed by atoms with Crippen molar-refractivity contribution in [3.05, 3.63) is 65.6 Å². The first kappa shape index (κ1) is 15.3. The number of nitrogens with zero attached hydrogens (tertiary/aromatic N) is 4.